The summed E-state index contributed by atoms with van der Waals surface area (Å²) >= 11 is 0. The summed E-state index contributed by atoms with van der Waals surface area (Å²) in [6.45, 7) is 2.66. The van der Waals surface area contributed by atoms with E-state index in [-0.39, 0.29) is 18.4 Å². The number of benzene rings is 1. The number of rotatable bonds is 5. The van der Waals surface area contributed by atoms with E-state index in [1.807, 2.05) is 29.2 Å². The van der Waals surface area contributed by atoms with E-state index in [9.17, 15) is 9.90 Å². The number of nitrogens with zero attached hydrogens (tertiary/aromatic N) is 1. The number of aliphatic hydroxyl groups is 1. The molecule has 1 heterocycles. The Bertz CT molecular complexity index is 499. The third kappa shape index (κ3) is 3.76. The Balaban J connectivity index is 1.64. The minimum absolute atomic E-state index is 0.0863. The molecule has 1 unspecified atom stereocenters. The standard InChI is InChI=1S/C17H24N2O2/c20-12-14-3-2-8-19(11-14)17(21)15-4-1-5-16(9-15)18-10-13-6-7-13/h1,4-5,9,13-14,18,20H,2-3,6-8,10-12H2. The third-order valence-electron chi connectivity index (χ3n) is 4.47. The van der Waals surface area contributed by atoms with Crippen LogP contribution in [0.3, 0.4) is 0 Å². The molecule has 1 aliphatic carbocycles. The van der Waals surface area contributed by atoms with E-state index in [0.717, 1.165) is 43.1 Å². The van der Waals surface area contributed by atoms with Gasteiger partial charge < -0.3 is 15.3 Å². The summed E-state index contributed by atoms with van der Waals surface area (Å²) in [5.74, 6) is 1.14. The SMILES string of the molecule is O=C(c1cccc(NCC2CC2)c1)N1CCCC(CO)C1. The Kier molecular flexibility index (Phi) is 4.44. The predicted octanol–water partition coefficient (Wildman–Crippen LogP) is 2.35. The number of hydrogen-bond acceptors (Lipinski definition) is 3. The summed E-state index contributed by atoms with van der Waals surface area (Å²) in [6, 6.07) is 7.79. The average Bonchev–Trinajstić information content (AvgIpc) is 3.37. The number of hydrogen-bond donors (Lipinski definition) is 2. The van der Waals surface area contributed by atoms with E-state index in [1.165, 1.54) is 12.8 Å². The van der Waals surface area contributed by atoms with Gasteiger partial charge in [0.25, 0.3) is 5.91 Å². The summed E-state index contributed by atoms with van der Waals surface area (Å²) in [7, 11) is 0. The van der Waals surface area contributed by atoms with Crippen molar-refractivity contribution in [1.82, 2.24) is 4.90 Å². The minimum atomic E-state index is 0.0863. The molecule has 1 aliphatic heterocycles. The van der Waals surface area contributed by atoms with Crippen LogP contribution in [0.4, 0.5) is 5.69 Å². The molecule has 0 aromatic heterocycles. The maximum atomic E-state index is 12.6. The summed E-state index contributed by atoms with van der Waals surface area (Å²) < 4.78 is 0. The van der Waals surface area contributed by atoms with Gasteiger partial charge in [0, 0.05) is 37.5 Å². The third-order valence-corrected chi connectivity index (χ3v) is 4.47. The van der Waals surface area contributed by atoms with E-state index in [1.54, 1.807) is 0 Å². The van der Waals surface area contributed by atoms with Gasteiger partial charge in [-0.05, 0) is 55.7 Å². The topological polar surface area (TPSA) is 52.6 Å². The van der Waals surface area contributed by atoms with Crippen LogP contribution in [0.5, 0.6) is 0 Å². The largest absolute Gasteiger partial charge is 0.396 e. The van der Waals surface area contributed by atoms with Crippen LogP contribution < -0.4 is 5.32 Å². The van der Waals surface area contributed by atoms with E-state index in [0.29, 0.717) is 6.54 Å². The second kappa shape index (κ2) is 6.48. The number of amides is 1. The highest BCUT2D eigenvalue weighted by Gasteiger charge is 2.24. The first-order chi connectivity index (χ1) is 10.3. The second-order valence-electron chi connectivity index (χ2n) is 6.35. The predicted molar refractivity (Wildman–Crippen MR) is 83.4 cm³/mol. The van der Waals surface area contributed by atoms with Crippen LogP contribution >= 0.6 is 0 Å². The number of piperidine rings is 1. The fraction of sp³-hybridized carbons (Fsp3) is 0.588. The van der Waals surface area contributed by atoms with Crippen molar-refractivity contribution < 1.29 is 9.90 Å². The summed E-state index contributed by atoms with van der Waals surface area (Å²) in [5.41, 5.74) is 1.78. The van der Waals surface area contributed by atoms with Gasteiger partial charge in [0.05, 0.1) is 0 Å². The molecule has 1 aromatic carbocycles. The molecule has 21 heavy (non-hydrogen) atoms. The number of nitrogens with one attached hydrogen (secondary N) is 1. The first kappa shape index (κ1) is 14.4. The summed E-state index contributed by atoms with van der Waals surface area (Å²) in [4.78, 5) is 14.5. The highest BCUT2D eigenvalue weighted by atomic mass is 16.3. The lowest BCUT2D eigenvalue weighted by Crippen LogP contribution is -2.40. The smallest absolute Gasteiger partial charge is 0.253 e. The number of carbonyl (C=O) groups is 1. The number of likely N-dealkylation sites (tertiary alicyclic amines) is 1. The van der Waals surface area contributed by atoms with Gasteiger partial charge in [-0.2, -0.15) is 0 Å². The Morgan fingerprint density at radius 1 is 1.29 bits per heavy atom. The van der Waals surface area contributed by atoms with Gasteiger partial charge in [-0.25, -0.2) is 0 Å². The molecule has 4 heteroatoms. The van der Waals surface area contributed by atoms with Crippen molar-refractivity contribution in [2.24, 2.45) is 11.8 Å². The molecule has 2 N–H and O–H groups in total. The summed E-state index contributed by atoms with van der Waals surface area (Å²) in [5, 5.41) is 12.7. The zero-order chi connectivity index (χ0) is 14.7. The highest BCUT2D eigenvalue weighted by Crippen LogP contribution is 2.29. The monoisotopic (exact) mass is 288 g/mol. The zero-order valence-corrected chi connectivity index (χ0v) is 12.4. The molecule has 4 nitrogen and oxygen atoms in total. The van der Waals surface area contributed by atoms with Crippen molar-refractivity contribution in [2.45, 2.75) is 25.7 Å². The molecule has 1 atom stereocenters. The molecule has 1 aromatic rings. The van der Waals surface area contributed by atoms with Crippen LogP contribution in [0, 0.1) is 11.8 Å². The first-order valence-electron chi connectivity index (χ1n) is 8.00. The van der Waals surface area contributed by atoms with Gasteiger partial charge >= 0.3 is 0 Å². The van der Waals surface area contributed by atoms with Crippen molar-refractivity contribution in [3.8, 4) is 0 Å². The molecule has 1 amide bonds. The van der Waals surface area contributed by atoms with Gasteiger partial charge in [-0.1, -0.05) is 6.07 Å². The molecule has 0 radical (unpaired) electrons. The molecular weight excluding hydrogens is 264 g/mol. The lowest BCUT2D eigenvalue weighted by atomic mass is 9.98. The van der Waals surface area contributed by atoms with E-state index in [4.69, 9.17) is 0 Å². The fourth-order valence-corrected chi connectivity index (χ4v) is 2.93. The number of aliphatic hydroxyl groups excluding tert-OH is 1. The van der Waals surface area contributed by atoms with Crippen LogP contribution in [-0.4, -0.2) is 42.2 Å². The molecule has 1 saturated carbocycles. The molecule has 114 valence electrons. The highest BCUT2D eigenvalue weighted by molar-refractivity contribution is 5.95. The molecule has 3 rings (SSSR count). The number of carbonyl (C=O) groups excluding carboxylic acids is 1. The van der Waals surface area contributed by atoms with Crippen LogP contribution in [-0.2, 0) is 0 Å². The van der Waals surface area contributed by atoms with E-state index >= 15 is 0 Å². The van der Waals surface area contributed by atoms with Crippen LogP contribution in [0.25, 0.3) is 0 Å². The van der Waals surface area contributed by atoms with Gasteiger partial charge in [-0.3, -0.25) is 4.79 Å². The minimum Gasteiger partial charge on any atom is -0.396 e. The maximum Gasteiger partial charge on any atom is 0.253 e. The lowest BCUT2D eigenvalue weighted by Gasteiger charge is -2.32. The van der Waals surface area contributed by atoms with Crippen molar-refractivity contribution in [2.75, 3.05) is 31.6 Å². The van der Waals surface area contributed by atoms with Crippen LogP contribution in [0.2, 0.25) is 0 Å². The Hall–Kier alpha value is -1.55. The molecule has 2 fully saturated rings. The van der Waals surface area contributed by atoms with Crippen LogP contribution in [0.15, 0.2) is 24.3 Å². The van der Waals surface area contributed by atoms with Gasteiger partial charge in [0.15, 0.2) is 0 Å². The van der Waals surface area contributed by atoms with Crippen molar-refractivity contribution in [3.63, 3.8) is 0 Å². The van der Waals surface area contributed by atoms with Crippen molar-refractivity contribution >= 4 is 11.6 Å². The summed E-state index contributed by atoms with van der Waals surface area (Å²) in [6.07, 6.45) is 4.64. The Morgan fingerprint density at radius 2 is 2.14 bits per heavy atom. The fourth-order valence-electron chi connectivity index (χ4n) is 2.93. The molecular formula is C17H24N2O2. The Labute approximate surface area is 126 Å². The van der Waals surface area contributed by atoms with E-state index < -0.39 is 0 Å². The maximum absolute atomic E-state index is 12.6. The number of anilines is 1. The molecule has 0 spiro atoms. The molecule has 2 aliphatic rings. The van der Waals surface area contributed by atoms with Gasteiger partial charge in [0.1, 0.15) is 0 Å². The average molecular weight is 288 g/mol. The van der Waals surface area contributed by atoms with Gasteiger partial charge in [0.2, 0.25) is 0 Å². The Morgan fingerprint density at radius 3 is 2.90 bits per heavy atom. The normalized spacial score (nSPS) is 22.1. The quantitative estimate of drug-likeness (QED) is 0.874. The zero-order valence-electron chi connectivity index (χ0n) is 12.4. The second-order valence-corrected chi connectivity index (χ2v) is 6.35. The van der Waals surface area contributed by atoms with Gasteiger partial charge in [-0.15, -0.1) is 0 Å². The van der Waals surface area contributed by atoms with Crippen LogP contribution in [0.1, 0.15) is 36.0 Å². The first-order valence-corrected chi connectivity index (χ1v) is 8.00. The lowest BCUT2D eigenvalue weighted by molar-refractivity contribution is 0.0621. The van der Waals surface area contributed by atoms with E-state index in [2.05, 4.69) is 5.32 Å². The van der Waals surface area contributed by atoms with Crippen molar-refractivity contribution in [3.05, 3.63) is 29.8 Å². The molecule has 1 saturated heterocycles. The van der Waals surface area contributed by atoms with Crippen molar-refractivity contribution in [1.29, 1.82) is 0 Å². The molecule has 0 bridgehead atoms.